The fourth-order valence-electron chi connectivity index (χ4n) is 1.83. The molecule has 104 valence electrons. The molecule has 0 aliphatic carbocycles. The van der Waals surface area contributed by atoms with E-state index in [9.17, 15) is 22.4 Å². The molecule has 0 spiro atoms. The lowest BCUT2D eigenvalue weighted by Gasteiger charge is -2.22. The zero-order valence-corrected chi connectivity index (χ0v) is 9.76. The Hall–Kier alpha value is -1.47. The summed E-state index contributed by atoms with van der Waals surface area (Å²) in [6, 6.07) is 1.54. The van der Waals surface area contributed by atoms with Crippen LogP contribution in [0.15, 0.2) is 18.2 Å². The first-order valence-electron chi connectivity index (χ1n) is 5.61. The van der Waals surface area contributed by atoms with Gasteiger partial charge in [-0.1, -0.05) is 0 Å². The number of hydrogen-bond acceptors (Lipinski definition) is 3. The second-order valence-electron chi connectivity index (χ2n) is 4.14. The Labute approximate surface area is 106 Å². The zero-order chi connectivity index (χ0) is 14.0. The molecule has 0 radical (unpaired) electrons. The molecule has 0 saturated carbocycles. The van der Waals surface area contributed by atoms with E-state index in [0.29, 0.717) is 25.3 Å². The number of halogens is 4. The maximum absolute atomic E-state index is 13.1. The Kier molecular flexibility index (Phi) is 3.86. The van der Waals surface area contributed by atoms with Gasteiger partial charge < -0.3 is 10.1 Å². The number of hydrogen-bond donors (Lipinski definition) is 1. The largest absolute Gasteiger partial charge is 0.419 e. The Morgan fingerprint density at radius 2 is 2.11 bits per heavy atom. The van der Waals surface area contributed by atoms with Crippen molar-refractivity contribution < 1.29 is 27.1 Å². The van der Waals surface area contributed by atoms with E-state index in [1.165, 1.54) is 0 Å². The fourth-order valence-corrected chi connectivity index (χ4v) is 1.83. The van der Waals surface area contributed by atoms with Crippen LogP contribution in [0.1, 0.15) is 15.9 Å². The van der Waals surface area contributed by atoms with Gasteiger partial charge in [-0.25, -0.2) is 4.39 Å². The van der Waals surface area contributed by atoms with E-state index >= 15 is 0 Å². The van der Waals surface area contributed by atoms with Crippen LogP contribution in [-0.2, 0) is 10.9 Å². The van der Waals surface area contributed by atoms with Crippen molar-refractivity contribution in [2.24, 2.45) is 0 Å². The van der Waals surface area contributed by atoms with Crippen molar-refractivity contribution in [3.8, 4) is 0 Å². The summed E-state index contributed by atoms with van der Waals surface area (Å²) in [6.07, 6.45) is -4.82. The standard InChI is InChI=1S/C12H11F4NO2/c13-9-2-1-7(5-8(9)12(14,15)16)11(18)10-6-19-4-3-17-10/h1-2,5,10,17H,3-4,6H2. The molecule has 1 aromatic carbocycles. The highest BCUT2D eigenvalue weighted by Crippen LogP contribution is 2.32. The lowest BCUT2D eigenvalue weighted by Crippen LogP contribution is -2.46. The van der Waals surface area contributed by atoms with Gasteiger partial charge in [-0.05, 0) is 18.2 Å². The van der Waals surface area contributed by atoms with Crippen molar-refractivity contribution >= 4 is 5.78 Å². The van der Waals surface area contributed by atoms with E-state index in [1.807, 2.05) is 0 Å². The molecule has 19 heavy (non-hydrogen) atoms. The van der Waals surface area contributed by atoms with Crippen LogP contribution < -0.4 is 5.32 Å². The van der Waals surface area contributed by atoms with Crippen molar-refractivity contribution in [2.75, 3.05) is 19.8 Å². The highest BCUT2D eigenvalue weighted by atomic mass is 19.4. The minimum Gasteiger partial charge on any atom is -0.378 e. The van der Waals surface area contributed by atoms with Crippen LogP contribution in [0, 0.1) is 5.82 Å². The van der Waals surface area contributed by atoms with E-state index in [0.717, 1.165) is 6.07 Å². The monoisotopic (exact) mass is 277 g/mol. The van der Waals surface area contributed by atoms with Crippen molar-refractivity contribution in [3.05, 3.63) is 35.1 Å². The molecule has 0 bridgehead atoms. The number of alkyl halides is 3. The maximum Gasteiger partial charge on any atom is 0.419 e. The zero-order valence-electron chi connectivity index (χ0n) is 9.76. The molecule has 1 atom stereocenters. The van der Waals surface area contributed by atoms with Gasteiger partial charge in [0, 0.05) is 12.1 Å². The summed E-state index contributed by atoms with van der Waals surface area (Å²) in [5, 5.41) is 2.84. The Balaban J connectivity index is 2.27. The first kappa shape index (κ1) is 14.0. The predicted molar refractivity (Wildman–Crippen MR) is 58.3 cm³/mol. The van der Waals surface area contributed by atoms with Crippen LogP contribution in [0.3, 0.4) is 0 Å². The van der Waals surface area contributed by atoms with Gasteiger partial charge in [0.05, 0.1) is 24.8 Å². The Morgan fingerprint density at radius 1 is 1.37 bits per heavy atom. The molecule has 1 unspecified atom stereocenters. The predicted octanol–water partition coefficient (Wildman–Crippen LogP) is 2.02. The Morgan fingerprint density at radius 3 is 2.68 bits per heavy atom. The second kappa shape index (κ2) is 5.26. The summed E-state index contributed by atoms with van der Waals surface area (Å²) >= 11 is 0. The molecular weight excluding hydrogens is 266 g/mol. The molecule has 7 heteroatoms. The quantitative estimate of drug-likeness (QED) is 0.664. The molecule has 2 rings (SSSR count). The highest BCUT2D eigenvalue weighted by Gasteiger charge is 2.35. The smallest absolute Gasteiger partial charge is 0.378 e. The van der Waals surface area contributed by atoms with Gasteiger partial charge in [0.2, 0.25) is 0 Å². The molecule has 1 aliphatic heterocycles. The molecule has 0 aromatic heterocycles. The van der Waals surface area contributed by atoms with Crippen molar-refractivity contribution in [3.63, 3.8) is 0 Å². The number of Topliss-reactive ketones (excluding diaryl/α,β-unsaturated/α-hetero) is 1. The summed E-state index contributed by atoms with van der Waals surface area (Å²) in [4.78, 5) is 12.0. The minimum atomic E-state index is -4.82. The summed E-state index contributed by atoms with van der Waals surface area (Å²) < 4.78 is 55.8. The van der Waals surface area contributed by atoms with E-state index in [1.54, 1.807) is 0 Å². The number of nitrogens with one attached hydrogen (secondary N) is 1. The lowest BCUT2D eigenvalue weighted by molar-refractivity contribution is -0.140. The normalized spacial score (nSPS) is 20.3. The molecule has 0 amide bonds. The molecule has 3 nitrogen and oxygen atoms in total. The molecular formula is C12H11F4NO2. The van der Waals surface area contributed by atoms with Gasteiger partial charge in [-0.15, -0.1) is 0 Å². The third kappa shape index (κ3) is 3.10. The average molecular weight is 277 g/mol. The summed E-state index contributed by atoms with van der Waals surface area (Å²) in [7, 11) is 0. The van der Waals surface area contributed by atoms with Crippen molar-refractivity contribution in [1.29, 1.82) is 0 Å². The van der Waals surface area contributed by atoms with Gasteiger partial charge in [0.25, 0.3) is 0 Å². The number of morpholine rings is 1. The topological polar surface area (TPSA) is 38.3 Å². The van der Waals surface area contributed by atoms with E-state index in [4.69, 9.17) is 4.74 Å². The van der Waals surface area contributed by atoms with E-state index in [-0.39, 0.29) is 12.2 Å². The number of ether oxygens (including phenoxy) is 1. The van der Waals surface area contributed by atoms with Gasteiger partial charge in [0.15, 0.2) is 5.78 Å². The van der Waals surface area contributed by atoms with E-state index in [2.05, 4.69) is 5.32 Å². The summed E-state index contributed by atoms with van der Waals surface area (Å²) in [6.45, 7) is 0.988. The van der Waals surface area contributed by atoms with Crippen LogP contribution in [0.4, 0.5) is 17.6 Å². The minimum absolute atomic E-state index is 0.0948. The SMILES string of the molecule is O=C(c1ccc(F)c(C(F)(F)F)c1)C1COCCN1. The molecule has 1 N–H and O–H groups in total. The first-order chi connectivity index (χ1) is 8.89. The van der Waals surface area contributed by atoms with E-state index < -0.39 is 29.4 Å². The number of ketones is 1. The third-order valence-corrected chi connectivity index (χ3v) is 2.79. The second-order valence-corrected chi connectivity index (χ2v) is 4.14. The van der Waals surface area contributed by atoms with Crippen molar-refractivity contribution in [1.82, 2.24) is 5.32 Å². The molecule has 1 fully saturated rings. The first-order valence-corrected chi connectivity index (χ1v) is 5.61. The lowest BCUT2D eigenvalue weighted by atomic mass is 10.0. The van der Waals surface area contributed by atoms with Crippen LogP contribution in [0.25, 0.3) is 0 Å². The number of carbonyl (C=O) groups excluding carboxylic acids is 1. The Bertz CT molecular complexity index is 481. The van der Waals surface area contributed by atoms with Crippen molar-refractivity contribution in [2.45, 2.75) is 12.2 Å². The molecule has 1 aromatic rings. The van der Waals surface area contributed by atoms with Gasteiger partial charge in [0.1, 0.15) is 5.82 Å². The fraction of sp³-hybridized carbons (Fsp3) is 0.417. The number of carbonyl (C=O) groups is 1. The van der Waals surface area contributed by atoms with Gasteiger partial charge in [-0.2, -0.15) is 13.2 Å². The summed E-state index contributed by atoms with van der Waals surface area (Å²) in [5.41, 5.74) is -1.62. The average Bonchev–Trinajstić information content (AvgIpc) is 2.38. The number of benzene rings is 1. The highest BCUT2D eigenvalue weighted by molar-refractivity contribution is 6.00. The molecule has 1 heterocycles. The third-order valence-electron chi connectivity index (χ3n) is 2.79. The van der Waals surface area contributed by atoms with Crippen LogP contribution in [-0.4, -0.2) is 31.6 Å². The van der Waals surface area contributed by atoms with Crippen LogP contribution in [0.5, 0.6) is 0 Å². The summed E-state index contributed by atoms with van der Waals surface area (Å²) in [5.74, 6) is -1.93. The molecule has 1 saturated heterocycles. The van der Waals surface area contributed by atoms with Crippen LogP contribution in [0.2, 0.25) is 0 Å². The van der Waals surface area contributed by atoms with Gasteiger partial charge >= 0.3 is 6.18 Å². The molecule has 1 aliphatic rings. The number of rotatable bonds is 2. The van der Waals surface area contributed by atoms with Crippen LogP contribution >= 0.6 is 0 Å². The maximum atomic E-state index is 13.1. The van der Waals surface area contributed by atoms with Gasteiger partial charge in [-0.3, -0.25) is 4.79 Å².